The number of nitrogens with zero attached hydrogens (tertiary/aromatic N) is 4. The van der Waals surface area contributed by atoms with Crippen molar-refractivity contribution < 1.29 is 9.90 Å². The molecule has 3 rings (SSSR count). The van der Waals surface area contributed by atoms with Gasteiger partial charge in [-0.25, -0.2) is 14.8 Å². The Bertz CT molecular complexity index is 1210. The number of aromatic nitrogens is 4. The number of hydrogen-bond acceptors (Lipinski definition) is 7. The molecule has 0 radical (unpaired) electrons. The number of thioether (sulfide) groups is 1. The number of carboxylic acid groups (broad SMARTS) is 1. The van der Waals surface area contributed by atoms with E-state index in [1.165, 1.54) is 25.6 Å². The molecule has 8 nitrogen and oxygen atoms in total. The minimum atomic E-state index is -1.27. The molecule has 28 heavy (non-hydrogen) atoms. The minimum absolute atomic E-state index is 0.107. The van der Waals surface area contributed by atoms with Gasteiger partial charge in [-0.2, -0.15) is 0 Å². The van der Waals surface area contributed by atoms with E-state index in [1.54, 1.807) is 0 Å². The van der Waals surface area contributed by atoms with Crippen molar-refractivity contribution in [1.82, 2.24) is 19.1 Å². The lowest BCUT2D eigenvalue weighted by molar-refractivity contribution is -0.304. The SMILES string of the molecule is Cc1cc(C)cc(-c2nc(S[C@@H](C)C(=O)[O-])c3c(=O)n(C)c(=O)n(C)c3n2)c1. The van der Waals surface area contributed by atoms with Crippen molar-refractivity contribution in [1.29, 1.82) is 0 Å². The first-order chi connectivity index (χ1) is 13.1. The van der Waals surface area contributed by atoms with E-state index in [0.717, 1.165) is 33.0 Å². The average molecular weight is 399 g/mol. The van der Waals surface area contributed by atoms with Crippen molar-refractivity contribution >= 4 is 28.8 Å². The first-order valence-electron chi connectivity index (χ1n) is 8.54. The largest absolute Gasteiger partial charge is 0.549 e. The van der Waals surface area contributed by atoms with Gasteiger partial charge >= 0.3 is 5.69 Å². The van der Waals surface area contributed by atoms with Gasteiger partial charge < -0.3 is 9.90 Å². The third-order valence-electron chi connectivity index (χ3n) is 4.37. The van der Waals surface area contributed by atoms with Crippen LogP contribution in [0.5, 0.6) is 0 Å². The van der Waals surface area contributed by atoms with Gasteiger partial charge in [-0.3, -0.25) is 13.9 Å². The number of carboxylic acids is 1. The number of hydrogen-bond donors (Lipinski definition) is 0. The number of carbonyl (C=O) groups excluding carboxylic acids is 1. The van der Waals surface area contributed by atoms with Crippen molar-refractivity contribution in [2.75, 3.05) is 0 Å². The zero-order chi connectivity index (χ0) is 20.7. The summed E-state index contributed by atoms with van der Waals surface area (Å²) >= 11 is 0.894. The second-order valence-corrected chi connectivity index (χ2v) is 8.04. The standard InChI is InChI=1S/C19H20N4O4S/c1-9-6-10(2)8-12(7-9)14-20-15-13(16(21-14)28-11(3)18(25)26)17(24)23(5)19(27)22(15)4/h6-8,11H,1-5H3,(H,25,26)/p-1/t11-/m0/s1. The Balaban J connectivity index is 2.41. The monoisotopic (exact) mass is 399 g/mol. The number of carbonyl (C=O) groups is 1. The fraction of sp³-hybridized carbons (Fsp3) is 0.316. The van der Waals surface area contributed by atoms with Crippen LogP contribution in [0, 0.1) is 13.8 Å². The first-order valence-corrected chi connectivity index (χ1v) is 9.42. The van der Waals surface area contributed by atoms with Crippen LogP contribution in [0.3, 0.4) is 0 Å². The maximum Gasteiger partial charge on any atom is 0.332 e. The minimum Gasteiger partial charge on any atom is -0.549 e. The maximum absolute atomic E-state index is 12.7. The van der Waals surface area contributed by atoms with Crippen molar-refractivity contribution in [3.63, 3.8) is 0 Å². The zero-order valence-electron chi connectivity index (χ0n) is 16.1. The fourth-order valence-electron chi connectivity index (χ4n) is 2.96. The van der Waals surface area contributed by atoms with Gasteiger partial charge in [0.1, 0.15) is 10.4 Å². The lowest BCUT2D eigenvalue weighted by Gasteiger charge is -2.15. The molecule has 2 aromatic heterocycles. The van der Waals surface area contributed by atoms with Crippen molar-refractivity contribution in [3.05, 3.63) is 50.2 Å². The zero-order valence-corrected chi connectivity index (χ0v) is 17.0. The quantitative estimate of drug-likeness (QED) is 0.465. The lowest BCUT2D eigenvalue weighted by atomic mass is 10.1. The van der Waals surface area contributed by atoms with Crippen LogP contribution in [-0.2, 0) is 18.9 Å². The summed E-state index contributed by atoms with van der Waals surface area (Å²) in [5, 5.41) is 10.6. The molecule has 146 valence electrons. The highest BCUT2D eigenvalue weighted by Gasteiger charge is 2.20. The number of benzene rings is 1. The molecule has 9 heteroatoms. The van der Waals surface area contributed by atoms with E-state index in [9.17, 15) is 19.5 Å². The van der Waals surface area contributed by atoms with Crippen molar-refractivity contribution in [2.24, 2.45) is 14.1 Å². The van der Waals surface area contributed by atoms with Crippen LogP contribution in [0.25, 0.3) is 22.4 Å². The number of fused-ring (bicyclic) bond motifs is 1. The molecule has 0 aliphatic rings. The third-order valence-corrected chi connectivity index (χ3v) is 5.43. The molecule has 0 unspecified atom stereocenters. The van der Waals surface area contributed by atoms with Gasteiger partial charge in [0.15, 0.2) is 11.5 Å². The predicted octanol–water partition coefficient (Wildman–Crippen LogP) is 0.542. The second kappa shape index (κ2) is 7.23. The van der Waals surface area contributed by atoms with E-state index >= 15 is 0 Å². The summed E-state index contributed by atoms with van der Waals surface area (Å²) in [5.41, 5.74) is 1.80. The summed E-state index contributed by atoms with van der Waals surface area (Å²) in [5.74, 6) is -0.957. The summed E-state index contributed by atoms with van der Waals surface area (Å²) in [6, 6.07) is 5.79. The van der Waals surface area contributed by atoms with E-state index in [1.807, 2.05) is 32.0 Å². The van der Waals surface area contributed by atoms with Crippen molar-refractivity contribution in [2.45, 2.75) is 31.0 Å². The van der Waals surface area contributed by atoms with E-state index < -0.39 is 22.5 Å². The molecule has 0 N–H and O–H groups in total. The normalized spacial score (nSPS) is 12.3. The molecule has 0 spiro atoms. The van der Waals surface area contributed by atoms with Gasteiger partial charge in [0.2, 0.25) is 0 Å². The second-order valence-electron chi connectivity index (χ2n) is 6.71. The Hall–Kier alpha value is -2.94. The predicted molar refractivity (Wildman–Crippen MR) is 105 cm³/mol. The summed E-state index contributed by atoms with van der Waals surface area (Å²) in [4.78, 5) is 45.3. The van der Waals surface area contributed by atoms with Gasteiger partial charge in [-0.15, -0.1) is 0 Å². The van der Waals surface area contributed by atoms with Crippen LogP contribution in [0.15, 0.2) is 32.8 Å². The Morgan fingerprint density at radius 3 is 2.25 bits per heavy atom. The molecule has 0 fully saturated rings. The van der Waals surface area contributed by atoms with Gasteiger partial charge in [0.25, 0.3) is 5.56 Å². The molecule has 3 aromatic rings. The van der Waals surface area contributed by atoms with E-state index in [0.29, 0.717) is 5.82 Å². The molecule has 0 aliphatic carbocycles. The van der Waals surface area contributed by atoms with Crippen LogP contribution in [0.1, 0.15) is 18.1 Å². The van der Waals surface area contributed by atoms with Gasteiger partial charge in [0.05, 0.1) is 5.97 Å². The maximum atomic E-state index is 12.7. The van der Waals surface area contributed by atoms with Crippen LogP contribution in [-0.4, -0.2) is 30.3 Å². The molecular formula is C19H19N4O4S-. The fourth-order valence-corrected chi connectivity index (χ4v) is 3.83. The number of aliphatic carboxylic acids is 1. The highest BCUT2D eigenvalue weighted by molar-refractivity contribution is 8.00. The topological polar surface area (TPSA) is 110 Å². The molecule has 2 heterocycles. The Labute approximate surface area is 164 Å². The molecule has 0 aliphatic heterocycles. The Morgan fingerprint density at radius 1 is 1.07 bits per heavy atom. The van der Waals surface area contributed by atoms with Crippen molar-refractivity contribution in [3.8, 4) is 11.4 Å². The van der Waals surface area contributed by atoms with Crippen LogP contribution in [0.4, 0.5) is 0 Å². The highest BCUT2D eigenvalue weighted by atomic mass is 32.2. The summed E-state index contributed by atoms with van der Waals surface area (Å²) in [6.07, 6.45) is 0. The molecule has 1 atom stereocenters. The molecule has 1 aromatic carbocycles. The summed E-state index contributed by atoms with van der Waals surface area (Å²) in [7, 11) is 2.87. The number of aryl methyl sites for hydroxylation is 3. The highest BCUT2D eigenvalue weighted by Crippen LogP contribution is 2.29. The van der Waals surface area contributed by atoms with Gasteiger partial charge in [0, 0.05) is 24.9 Å². The smallest absolute Gasteiger partial charge is 0.332 e. The lowest BCUT2D eigenvalue weighted by Crippen LogP contribution is -2.38. The molecule has 0 amide bonds. The van der Waals surface area contributed by atoms with Gasteiger partial charge in [-0.1, -0.05) is 29.0 Å². The Morgan fingerprint density at radius 2 is 1.68 bits per heavy atom. The summed E-state index contributed by atoms with van der Waals surface area (Å²) < 4.78 is 2.22. The first kappa shape index (κ1) is 19.8. The van der Waals surface area contributed by atoms with E-state index in [2.05, 4.69) is 9.97 Å². The average Bonchev–Trinajstić information content (AvgIpc) is 2.63. The molecule has 0 bridgehead atoms. The van der Waals surface area contributed by atoms with Gasteiger partial charge in [-0.05, 0) is 32.9 Å². The number of rotatable bonds is 4. The molecular weight excluding hydrogens is 380 g/mol. The molecule has 0 saturated carbocycles. The van der Waals surface area contributed by atoms with E-state index in [-0.39, 0.29) is 16.1 Å². The Kier molecular flexibility index (Phi) is 5.12. The summed E-state index contributed by atoms with van der Waals surface area (Å²) in [6.45, 7) is 5.34. The third kappa shape index (κ3) is 3.45. The van der Waals surface area contributed by atoms with Crippen LogP contribution < -0.4 is 16.4 Å². The molecule has 0 saturated heterocycles. The van der Waals surface area contributed by atoms with Crippen LogP contribution >= 0.6 is 11.8 Å². The van der Waals surface area contributed by atoms with E-state index in [4.69, 9.17) is 0 Å². The van der Waals surface area contributed by atoms with Crippen LogP contribution in [0.2, 0.25) is 0 Å².